The maximum absolute atomic E-state index is 13.6. The zero-order chi connectivity index (χ0) is 16.2. The van der Waals surface area contributed by atoms with E-state index < -0.39 is 5.82 Å². The van der Waals surface area contributed by atoms with Crippen LogP contribution in [0, 0.1) is 5.82 Å². The van der Waals surface area contributed by atoms with Gasteiger partial charge in [-0.25, -0.2) is 4.39 Å². The Morgan fingerprint density at radius 3 is 2.87 bits per heavy atom. The summed E-state index contributed by atoms with van der Waals surface area (Å²) in [5.74, 6) is -0.885. The molecule has 3 rings (SSSR count). The fraction of sp³-hybridized carbons (Fsp3) is 0.0588. The van der Waals surface area contributed by atoms with Crippen molar-refractivity contribution in [1.29, 1.82) is 0 Å². The Hall–Kier alpha value is -2.47. The molecule has 0 saturated carbocycles. The van der Waals surface area contributed by atoms with Gasteiger partial charge in [0.1, 0.15) is 0 Å². The topological polar surface area (TPSA) is 51.2 Å². The number of para-hydroxylation sites is 1. The summed E-state index contributed by atoms with van der Waals surface area (Å²) in [5, 5.41) is 3.60. The lowest BCUT2D eigenvalue weighted by Gasteiger charge is -2.09. The number of nitrogens with one attached hydrogen (secondary N) is 1. The summed E-state index contributed by atoms with van der Waals surface area (Å²) in [5.41, 5.74) is 1.41. The highest BCUT2D eigenvalue weighted by atomic mass is 79.9. The highest BCUT2D eigenvalue weighted by Crippen LogP contribution is 2.21. The van der Waals surface area contributed by atoms with E-state index in [1.807, 2.05) is 30.3 Å². The lowest BCUT2D eigenvalue weighted by Crippen LogP contribution is -2.20. The van der Waals surface area contributed by atoms with E-state index in [2.05, 4.69) is 26.2 Å². The molecule has 6 heteroatoms. The fourth-order valence-electron chi connectivity index (χ4n) is 2.07. The molecule has 0 aliphatic rings. The molecule has 2 aromatic carbocycles. The monoisotopic (exact) mass is 374 g/mol. The van der Waals surface area contributed by atoms with Gasteiger partial charge in [-0.1, -0.05) is 34.1 Å². The summed E-state index contributed by atoms with van der Waals surface area (Å²) in [6.07, 6.45) is 1.57. The van der Waals surface area contributed by atoms with Gasteiger partial charge in [0.2, 0.25) is 0 Å². The summed E-state index contributed by atoms with van der Waals surface area (Å²) in [4.78, 5) is 16.2. The first-order valence-electron chi connectivity index (χ1n) is 6.84. The number of halogens is 2. The molecule has 0 aliphatic heterocycles. The van der Waals surface area contributed by atoms with Gasteiger partial charge in [-0.05, 0) is 30.3 Å². The molecule has 1 N–H and O–H groups in total. The van der Waals surface area contributed by atoms with Crippen molar-refractivity contribution in [3.63, 3.8) is 0 Å². The van der Waals surface area contributed by atoms with Crippen molar-refractivity contribution in [2.24, 2.45) is 0 Å². The summed E-state index contributed by atoms with van der Waals surface area (Å²) in [6.45, 7) is -0.286. The second kappa shape index (κ2) is 6.75. The first-order chi connectivity index (χ1) is 11.1. The van der Waals surface area contributed by atoms with Crippen molar-refractivity contribution in [2.75, 3.05) is 11.9 Å². The van der Waals surface area contributed by atoms with Crippen LogP contribution in [0.2, 0.25) is 0 Å². The first-order valence-corrected chi connectivity index (χ1v) is 7.63. The van der Waals surface area contributed by atoms with E-state index >= 15 is 0 Å². The number of benzene rings is 2. The van der Waals surface area contributed by atoms with Crippen LogP contribution in [0.1, 0.15) is 0 Å². The predicted molar refractivity (Wildman–Crippen MR) is 90.0 cm³/mol. The van der Waals surface area contributed by atoms with Crippen LogP contribution in [-0.4, -0.2) is 17.5 Å². The summed E-state index contributed by atoms with van der Waals surface area (Å²) < 4.78 is 19.4. The summed E-state index contributed by atoms with van der Waals surface area (Å²) >= 11 is 3.16. The molecule has 1 aromatic heterocycles. The molecule has 0 fully saturated rings. The number of pyridine rings is 1. The van der Waals surface area contributed by atoms with E-state index in [0.29, 0.717) is 10.2 Å². The zero-order valence-electron chi connectivity index (χ0n) is 11.9. The Kier molecular flexibility index (Phi) is 4.52. The molecule has 4 nitrogen and oxygen atoms in total. The van der Waals surface area contributed by atoms with Crippen molar-refractivity contribution in [3.8, 4) is 5.75 Å². The van der Waals surface area contributed by atoms with Crippen LogP contribution in [-0.2, 0) is 4.79 Å². The van der Waals surface area contributed by atoms with E-state index in [1.54, 1.807) is 12.3 Å². The lowest BCUT2D eigenvalue weighted by molar-refractivity contribution is -0.118. The van der Waals surface area contributed by atoms with Gasteiger partial charge in [-0.15, -0.1) is 0 Å². The van der Waals surface area contributed by atoms with Gasteiger partial charge in [-0.3, -0.25) is 9.78 Å². The van der Waals surface area contributed by atoms with Crippen LogP contribution in [0.15, 0.2) is 59.2 Å². The third-order valence-electron chi connectivity index (χ3n) is 3.13. The zero-order valence-corrected chi connectivity index (χ0v) is 13.5. The molecular weight excluding hydrogens is 363 g/mol. The largest absolute Gasteiger partial charge is 0.481 e. The van der Waals surface area contributed by atoms with Crippen LogP contribution >= 0.6 is 15.9 Å². The van der Waals surface area contributed by atoms with Gasteiger partial charge in [0.15, 0.2) is 18.2 Å². The minimum absolute atomic E-state index is 0.0278. The highest BCUT2D eigenvalue weighted by molar-refractivity contribution is 9.10. The minimum Gasteiger partial charge on any atom is -0.481 e. The van der Waals surface area contributed by atoms with Gasteiger partial charge in [0, 0.05) is 9.86 Å². The quantitative estimate of drug-likeness (QED) is 0.745. The average molecular weight is 375 g/mol. The van der Waals surface area contributed by atoms with Crippen molar-refractivity contribution >= 4 is 38.4 Å². The maximum atomic E-state index is 13.6. The van der Waals surface area contributed by atoms with E-state index in [1.165, 1.54) is 12.1 Å². The number of ether oxygens (including phenoxy) is 1. The molecule has 1 heterocycles. The van der Waals surface area contributed by atoms with Crippen LogP contribution in [0.3, 0.4) is 0 Å². The number of fused-ring (bicyclic) bond motifs is 1. The molecule has 0 unspecified atom stereocenters. The molecule has 0 aliphatic carbocycles. The number of rotatable bonds is 4. The Morgan fingerprint density at radius 1 is 1.22 bits per heavy atom. The predicted octanol–water partition coefficient (Wildman–Crippen LogP) is 4.15. The summed E-state index contributed by atoms with van der Waals surface area (Å²) in [7, 11) is 0. The van der Waals surface area contributed by atoms with Crippen molar-refractivity contribution in [2.45, 2.75) is 0 Å². The number of carbonyl (C=O) groups is 1. The fourth-order valence-corrected chi connectivity index (χ4v) is 2.41. The number of carbonyl (C=O) groups excluding carboxylic acids is 1. The highest BCUT2D eigenvalue weighted by Gasteiger charge is 2.08. The van der Waals surface area contributed by atoms with Gasteiger partial charge in [-0.2, -0.15) is 0 Å². The number of amides is 1. The third kappa shape index (κ3) is 3.84. The molecule has 0 atom stereocenters. The van der Waals surface area contributed by atoms with E-state index in [0.717, 1.165) is 10.9 Å². The van der Waals surface area contributed by atoms with Gasteiger partial charge in [0.05, 0.1) is 17.4 Å². The molecule has 116 valence electrons. The Balaban J connectivity index is 1.64. The molecule has 0 bridgehead atoms. The molecular formula is C17H12BrFN2O2. The van der Waals surface area contributed by atoms with E-state index in [9.17, 15) is 9.18 Å². The lowest BCUT2D eigenvalue weighted by atomic mass is 10.2. The van der Waals surface area contributed by atoms with Crippen molar-refractivity contribution in [3.05, 3.63) is 65.0 Å². The number of nitrogens with zero attached hydrogens (tertiary/aromatic N) is 1. The van der Waals surface area contributed by atoms with Gasteiger partial charge in [0.25, 0.3) is 5.91 Å². The molecule has 1 amide bonds. The van der Waals surface area contributed by atoms with Crippen LogP contribution < -0.4 is 10.1 Å². The SMILES string of the molecule is O=C(COc1ccc(Br)cc1F)Nc1cnc2ccccc2c1. The Labute approximate surface area is 140 Å². The number of hydrogen-bond donors (Lipinski definition) is 1. The maximum Gasteiger partial charge on any atom is 0.262 e. The standard InChI is InChI=1S/C17H12BrFN2O2/c18-12-5-6-16(14(19)8-12)23-10-17(22)21-13-7-11-3-1-2-4-15(11)20-9-13/h1-9H,10H2,(H,21,22). The number of hydrogen-bond acceptors (Lipinski definition) is 3. The Bertz CT molecular complexity index is 870. The Morgan fingerprint density at radius 2 is 2.04 bits per heavy atom. The van der Waals surface area contributed by atoms with Gasteiger partial charge < -0.3 is 10.1 Å². The second-order valence-electron chi connectivity index (χ2n) is 4.83. The van der Waals surface area contributed by atoms with Crippen LogP contribution in [0.25, 0.3) is 10.9 Å². The van der Waals surface area contributed by atoms with Crippen molar-refractivity contribution < 1.29 is 13.9 Å². The number of anilines is 1. The van der Waals surface area contributed by atoms with Crippen LogP contribution in [0.4, 0.5) is 10.1 Å². The van der Waals surface area contributed by atoms with Crippen molar-refractivity contribution in [1.82, 2.24) is 4.98 Å². The molecule has 3 aromatic rings. The van der Waals surface area contributed by atoms with E-state index in [4.69, 9.17) is 4.74 Å². The average Bonchev–Trinajstić information content (AvgIpc) is 2.54. The second-order valence-corrected chi connectivity index (χ2v) is 5.74. The number of aromatic nitrogens is 1. The first kappa shape index (κ1) is 15.4. The van der Waals surface area contributed by atoms with Crippen LogP contribution in [0.5, 0.6) is 5.75 Å². The summed E-state index contributed by atoms with van der Waals surface area (Å²) in [6, 6.07) is 13.8. The van der Waals surface area contributed by atoms with Gasteiger partial charge >= 0.3 is 0 Å². The smallest absolute Gasteiger partial charge is 0.262 e. The molecule has 0 radical (unpaired) electrons. The molecule has 0 saturated heterocycles. The normalized spacial score (nSPS) is 10.5. The minimum atomic E-state index is -0.528. The molecule has 23 heavy (non-hydrogen) atoms. The third-order valence-corrected chi connectivity index (χ3v) is 3.62. The van der Waals surface area contributed by atoms with E-state index in [-0.39, 0.29) is 18.3 Å². The molecule has 0 spiro atoms.